The number of sulfonamides is 1. The van der Waals surface area contributed by atoms with Crippen molar-refractivity contribution in [2.24, 2.45) is 5.73 Å². The van der Waals surface area contributed by atoms with Crippen LogP contribution in [0, 0.1) is 0 Å². The van der Waals surface area contributed by atoms with Gasteiger partial charge in [0.25, 0.3) is 0 Å². The number of hydrogen-bond donors (Lipinski definition) is 2. The summed E-state index contributed by atoms with van der Waals surface area (Å²) < 4.78 is 31.8. The van der Waals surface area contributed by atoms with Gasteiger partial charge < -0.3 is 10.5 Å². The molecule has 1 aromatic rings. The quantitative estimate of drug-likeness (QED) is 0.692. The third-order valence-electron chi connectivity index (χ3n) is 2.82. The molecule has 118 valence electrons. The minimum Gasteiger partial charge on any atom is -0.466 e. The van der Waals surface area contributed by atoms with Gasteiger partial charge in [0.1, 0.15) is 0 Å². The fraction of sp³-hybridized carbons (Fsp3) is 0.500. The van der Waals surface area contributed by atoms with E-state index in [4.69, 9.17) is 10.5 Å². The number of rotatable bonds is 8. The third kappa shape index (κ3) is 5.82. The van der Waals surface area contributed by atoms with Crippen molar-refractivity contribution < 1.29 is 17.9 Å². The first-order chi connectivity index (χ1) is 9.89. The van der Waals surface area contributed by atoms with E-state index in [0.717, 1.165) is 0 Å². The summed E-state index contributed by atoms with van der Waals surface area (Å²) in [5, 5.41) is 0. The minimum absolute atomic E-state index is 0.0511. The molecule has 0 spiro atoms. The van der Waals surface area contributed by atoms with Crippen LogP contribution in [0.4, 0.5) is 0 Å². The molecule has 0 radical (unpaired) electrons. The van der Waals surface area contributed by atoms with Crippen LogP contribution < -0.4 is 10.5 Å². The first-order valence-corrected chi connectivity index (χ1v) is 8.34. The highest BCUT2D eigenvalue weighted by molar-refractivity contribution is 7.89. The van der Waals surface area contributed by atoms with E-state index in [-0.39, 0.29) is 23.3 Å². The maximum Gasteiger partial charge on any atom is 0.310 e. The first kappa shape index (κ1) is 17.6. The van der Waals surface area contributed by atoms with Crippen LogP contribution in [-0.2, 0) is 26.0 Å². The average Bonchev–Trinajstić information content (AvgIpc) is 2.38. The molecular formula is C14H22N2O4S. The van der Waals surface area contributed by atoms with E-state index in [1.54, 1.807) is 26.0 Å². The largest absolute Gasteiger partial charge is 0.466 e. The monoisotopic (exact) mass is 314 g/mol. The van der Waals surface area contributed by atoms with Crippen molar-refractivity contribution in [2.75, 3.05) is 13.2 Å². The van der Waals surface area contributed by atoms with Crippen molar-refractivity contribution in [1.82, 2.24) is 4.72 Å². The molecule has 0 heterocycles. The molecule has 0 saturated heterocycles. The molecule has 0 amide bonds. The van der Waals surface area contributed by atoms with E-state index in [1.165, 1.54) is 12.1 Å². The van der Waals surface area contributed by atoms with Gasteiger partial charge in [-0.2, -0.15) is 0 Å². The van der Waals surface area contributed by atoms with Crippen LogP contribution in [0.1, 0.15) is 25.8 Å². The van der Waals surface area contributed by atoms with Gasteiger partial charge in [-0.05, 0) is 44.5 Å². The van der Waals surface area contributed by atoms with E-state index in [0.29, 0.717) is 25.1 Å². The molecular weight excluding hydrogens is 292 g/mol. The van der Waals surface area contributed by atoms with E-state index in [9.17, 15) is 13.2 Å². The molecule has 0 bridgehead atoms. The summed E-state index contributed by atoms with van der Waals surface area (Å²) in [6, 6.07) is 6.03. The lowest BCUT2D eigenvalue weighted by atomic mass is 10.1. The summed E-state index contributed by atoms with van der Waals surface area (Å²) in [6.07, 6.45) is 0.608. The summed E-state index contributed by atoms with van der Waals surface area (Å²) >= 11 is 0. The molecule has 1 aromatic carbocycles. The Kier molecular flexibility index (Phi) is 6.80. The van der Waals surface area contributed by atoms with Crippen molar-refractivity contribution in [2.45, 2.75) is 37.6 Å². The van der Waals surface area contributed by atoms with E-state index >= 15 is 0 Å². The summed E-state index contributed by atoms with van der Waals surface area (Å²) in [4.78, 5) is 11.6. The lowest BCUT2D eigenvalue weighted by Gasteiger charge is -2.13. The van der Waals surface area contributed by atoms with Crippen LogP contribution in [0.3, 0.4) is 0 Å². The normalized spacial score (nSPS) is 12.9. The second-order valence-corrected chi connectivity index (χ2v) is 6.44. The Bertz CT molecular complexity index is 572. The number of benzene rings is 1. The average molecular weight is 314 g/mol. The SMILES string of the molecule is CCOC(=O)Cc1cccc(S(=O)(=O)NC(C)CCN)c1. The molecule has 1 rings (SSSR count). The number of carbonyl (C=O) groups is 1. The van der Waals surface area contributed by atoms with Gasteiger partial charge in [0, 0.05) is 6.04 Å². The molecule has 1 unspecified atom stereocenters. The fourth-order valence-corrected chi connectivity index (χ4v) is 3.19. The topological polar surface area (TPSA) is 98.5 Å². The first-order valence-electron chi connectivity index (χ1n) is 6.86. The van der Waals surface area contributed by atoms with Gasteiger partial charge in [-0.15, -0.1) is 0 Å². The predicted octanol–water partition coefficient (Wildman–Crippen LogP) is 0.808. The summed E-state index contributed by atoms with van der Waals surface area (Å²) in [5.41, 5.74) is 6.01. The Labute approximate surface area is 125 Å². The van der Waals surface area contributed by atoms with Gasteiger partial charge in [-0.3, -0.25) is 4.79 Å². The third-order valence-corrected chi connectivity index (χ3v) is 4.41. The molecule has 0 aliphatic carbocycles. The summed E-state index contributed by atoms with van der Waals surface area (Å²) in [5.74, 6) is -0.378. The highest BCUT2D eigenvalue weighted by Crippen LogP contribution is 2.13. The van der Waals surface area contributed by atoms with Crippen LogP contribution in [0.2, 0.25) is 0 Å². The molecule has 0 saturated carbocycles. The Balaban J connectivity index is 2.85. The molecule has 3 N–H and O–H groups in total. The van der Waals surface area contributed by atoms with Gasteiger partial charge in [-0.25, -0.2) is 13.1 Å². The van der Waals surface area contributed by atoms with Crippen LogP contribution in [0.5, 0.6) is 0 Å². The molecule has 0 fully saturated rings. The number of ether oxygens (including phenoxy) is 1. The number of esters is 1. The standard InChI is InChI=1S/C14H22N2O4S/c1-3-20-14(17)10-12-5-4-6-13(9-12)21(18,19)16-11(2)7-8-15/h4-6,9,11,16H,3,7-8,10,15H2,1-2H3. The highest BCUT2D eigenvalue weighted by Gasteiger charge is 2.17. The number of hydrogen-bond acceptors (Lipinski definition) is 5. The van der Waals surface area contributed by atoms with Gasteiger partial charge in [-0.1, -0.05) is 12.1 Å². The Morgan fingerprint density at radius 2 is 2.14 bits per heavy atom. The summed E-state index contributed by atoms with van der Waals surface area (Å²) in [7, 11) is -3.61. The van der Waals surface area contributed by atoms with Gasteiger partial charge in [0.2, 0.25) is 10.0 Å². The number of carbonyl (C=O) groups excluding carboxylic acids is 1. The molecule has 0 aliphatic heterocycles. The van der Waals surface area contributed by atoms with Crippen molar-refractivity contribution >= 4 is 16.0 Å². The van der Waals surface area contributed by atoms with Crippen LogP contribution in [0.25, 0.3) is 0 Å². The zero-order chi connectivity index (χ0) is 15.9. The van der Waals surface area contributed by atoms with Gasteiger partial charge in [0.05, 0.1) is 17.9 Å². The lowest BCUT2D eigenvalue weighted by molar-refractivity contribution is -0.142. The van der Waals surface area contributed by atoms with Gasteiger partial charge >= 0.3 is 5.97 Å². The smallest absolute Gasteiger partial charge is 0.310 e. The molecule has 6 nitrogen and oxygen atoms in total. The minimum atomic E-state index is -3.61. The van der Waals surface area contributed by atoms with E-state index in [1.807, 2.05) is 0 Å². The molecule has 21 heavy (non-hydrogen) atoms. The van der Waals surface area contributed by atoms with Crippen LogP contribution in [-0.4, -0.2) is 33.6 Å². The van der Waals surface area contributed by atoms with Crippen molar-refractivity contribution in [3.63, 3.8) is 0 Å². The maximum atomic E-state index is 12.2. The second kappa shape index (κ2) is 8.11. The zero-order valence-corrected chi connectivity index (χ0v) is 13.2. The number of nitrogens with two attached hydrogens (primary N) is 1. The van der Waals surface area contributed by atoms with Crippen LogP contribution >= 0.6 is 0 Å². The van der Waals surface area contributed by atoms with Crippen molar-refractivity contribution in [3.05, 3.63) is 29.8 Å². The fourth-order valence-electron chi connectivity index (χ4n) is 1.84. The predicted molar refractivity (Wildman–Crippen MR) is 80.2 cm³/mol. The molecule has 7 heteroatoms. The molecule has 0 aromatic heterocycles. The van der Waals surface area contributed by atoms with E-state index < -0.39 is 10.0 Å². The second-order valence-electron chi connectivity index (χ2n) is 4.73. The zero-order valence-electron chi connectivity index (χ0n) is 12.3. The molecule has 1 atom stereocenters. The Morgan fingerprint density at radius 1 is 1.43 bits per heavy atom. The maximum absolute atomic E-state index is 12.2. The number of nitrogens with one attached hydrogen (secondary N) is 1. The Hall–Kier alpha value is -1.44. The van der Waals surface area contributed by atoms with Crippen molar-refractivity contribution in [3.8, 4) is 0 Å². The highest BCUT2D eigenvalue weighted by atomic mass is 32.2. The van der Waals surface area contributed by atoms with Crippen LogP contribution in [0.15, 0.2) is 29.2 Å². The van der Waals surface area contributed by atoms with Gasteiger partial charge in [0.15, 0.2) is 0 Å². The van der Waals surface area contributed by atoms with Crippen molar-refractivity contribution in [1.29, 1.82) is 0 Å². The van der Waals surface area contributed by atoms with E-state index in [2.05, 4.69) is 4.72 Å². The molecule has 0 aliphatic rings. The lowest BCUT2D eigenvalue weighted by Crippen LogP contribution is -2.34. The summed E-state index contributed by atoms with van der Waals surface area (Å²) in [6.45, 7) is 4.19. The Morgan fingerprint density at radius 3 is 2.76 bits per heavy atom.